The van der Waals surface area contributed by atoms with Crippen molar-refractivity contribution in [1.29, 1.82) is 0 Å². The molecule has 0 spiro atoms. The number of carboxylic acids is 1. The van der Waals surface area contributed by atoms with Gasteiger partial charge in [-0.05, 0) is 23.6 Å². The normalized spacial score (nSPS) is 17.8. The van der Waals surface area contributed by atoms with Crippen LogP contribution in [-0.4, -0.2) is 54.3 Å². The fourth-order valence-corrected chi connectivity index (χ4v) is 2.52. The minimum Gasteiger partial charge on any atom is -0.493 e. The Hall–Kier alpha value is -2.08. The van der Waals surface area contributed by atoms with Crippen LogP contribution in [0.1, 0.15) is 25.8 Å². The summed E-state index contributed by atoms with van der Waals surface area (Å²) < 4.78 is 11.0. The molecule has 0 saturated carbocycles. The van der Waals surface area contributed by atoms with Gasteiger partial charge in [0.15, 0.2) is 0 Å². The lowest BCUT2D eigenvalue weighted by atomic mass is 10.1. The summed E-state index contributed by atoms with van der Waals surface area (Å²) in [5.74, 6) is 0.343. The molecule has 1 saturated heterocycles. The van der Waals surface area contributed by atoms with Crippen molar-refractivity contribution < 1.29 is 24.2 Å². The van der Waals surface area contributed by atoms with Crippen molar-refractivity contribution in [2.45, 2.75) is 32.8 Å². The molecule has 1 aliphatic rings. The van der Waals surface area contributed by atoms with Crippen molar-refractivity contribution in [3.63, 3.8) is 0 Å². The zero-order valence-corrected chi connectivity index (χ0v) is 14.2. The van der Waals surface area contributed by atoms with Crippen LogP contribution in [0.5, 0.6) is 5.75 Å². The molecular weight excluding hydrogens is 310 g/mol. The molecule has 1 aliphatic heterocycles. The number of ether oxygens (including phenoxy) is 2. The first kappa shape index (κ1) is 18.3. The summed E-state index contributed by atoms with van der Waals surface area (Å²) in [6, 6.07) is 7.53. The van der Waals surface area contributed by atoms with E-state index in [1.165, 1.54) is 0 Å². The number of aliphatic carboxylic acids is 1. The Labute approximate surface area is 142 Å². The second-order valence-corrected chi connectivity index (χ2v) is 6.46. The molecule has 1 N–H and O–H groups in total. The van der Waals surface area contributed by atoms with Crippen LogP contribution in [0.25, 0.3) is 0 Å². The number of carboxylic acid groups (broad SMARTS) is 1. The average molecular weight is 335 g/mol. The highest BCUT2D eigenvalue weighted by Gasteiger charge is 2.25. The molecule has 1 heterocycles. The van der Waals surface area contributed by atoms with Crippen LogP contribution in [0.3, 0.4) is 0 Å². The standard InChI is InChI=1S/C18H25NO5/c1-13(2)12-24-15-5-3-14(4-6-15)9-17(20)19-7-8-23-16(11-19)10-18(21)22/h3-6,13,16H,7-12H2,1-2H3,(H,21,22)/t16-/m0/s1. The highest BCUT2D eigenvalue weighted by molar-refractivity contribution is 5.79. The Morgan fingerprint density at radius 1 is 1.33 bits per heavy atom. The Morgan fingerprint density at radius 2 is 2.04 bits per heavy atom. The summed E-state index contributed by atoms with van der Waals surface area (Å²) in [6.07, 6.45) is -0.206. The minimum absolute atomic E-state index is 0.00969. The molecule has 1 fully saturated rings. The minimum atomic E-state index is -0.911. The number of rotatable bonds is 7. The second-order valence-electron chi connectivity index (χ2n) is 6.46. The molecule has 6 heteroatoms. The Kier molecular flexibility index (Phi) is 6.61. The van der Waals surface area contributed by atoms with Crippen LogP contribution in [0.4, 0.5) is 0 Å². The molecule has 1 amide bonds. The number of amides is 1. The molecule has 1 aromatic rings. The summed E-state index contributed by atoms with van der Waals surface area (Å²) in [7, 11) is 0. The van der Waals surface area contributed by atoms with Gasteiger partial charge in [-0.15, -0.1) is 0 Å². The van der Waals surface area contributed by atoms with Gasteiger partial charge in [-0.2, -0.15) is 0 Å². The van der Waals surface area contributed by atoms with Crippen molar-refractivity contribution >= 4 is 11.9 Å². The van der Waals surface area contributed by atoms with Crippen LogP contribution in [0.15, 0.2) is 24.3 Å². The Bertz CT molecular complexity index is 555. The van der Waals surface area contributed by atoms with E-state index in [9.17, 15) is 9.59 Å². The maximum absolute atomic E-state index is 12.4. The van der Waals surface area contributed by atoms with E-state index in [-0.39, 0.29) is 12.3 Å². The summed E-state index contributed by atoms with van der Waals surface area (Å²) in [5.41, 5.74) is 0.915. The first-order valence-electron chi connectivity index (χ1n) is 8.27. The fraction of sp³-hybridized carbons (Fsp3) is 0.556. The molecule has 0 radical (unpaired) electrons. The fourth-order valence-electron chi connectivity index (χ4n) is 2.52. The molecule has 0 bridgehead atoms. The lowest BCUT2D eigenvalue weighted by molar-refractivity contribution is -0.147. The third-order valence-electron chi connectivity index (χ3n) is 3.76. The smallest absolute Gasteiger partial charge is 0.306 e. The molecule has 132 valence electrons. The number of hydrogen-bond donors (Lipinski definition) is 1. The molecule has 1 aromatic carbocycles. The number of carbonyl (C=O) groups excluding carboxylic acids is 1. The number of nitrogens with zero attached hydrogens (tertiary/aromatic N) is 1. The molecule has 0 aliphatic carbocycles. The zero-order valence-electron chi connectivity index (χ0n) is 14.2. The monoisotopic (exact) mass is 335 g/mol. The van der Waals surface area contributed by atoms with Crippen LogP contribution in [0.2, 0.25) is 0 Å². The Balaban J connectivity index is 1.86. The van der Waals surface area contributed by atoms with Crippen molar-refractivity contribution in [2.75, 3.05) is 26.3 Å². The number of morpholine rings is 1. The first-order chi connectivity index (χ1) is 11.4. The highest BCUT2D eigenvalue weighted by atomic mass is 16.5. The SMILES string of the molecule is CC(C)COc1ccc(CC(=O)N2CCO[C@@H](CC(=O)O)C2)cc1. The van der Waals surface area contributed by atoms with Crippen molar-refractivity contribution in [2.24, 2.45) is 5.92 Å². The largest absolute Gasteiger partial charge is 0.493 e. The van der Waals surface area contributed by atoms with Gasteiger partial charge in [0.1, 0.15) is 5.75 Å². The zero-order chi connectivity index (χ0) is 17.5. The average Bonchev–Trinajstić information content (AvgIpc) is 2.53. The van der Waals surface area contributed by atoms with Gasteiger partial charge < -0.3 is 19.5 Å². The van der Waals surface area contributed by atoms with Gasteiger partial charge in [0, 0.05) is 13.1 Å². The number of carbonyl (C=O) groups is 2. The van der Waals surface area contributed by atoms with E-state index in [1.54, 1.807) is 4.90 Å². The lowest BCUT2D eigenvalue weighted by Crippen LogP contribution is -2.46. The third-order valence-corrected chi connectivity index (χ3v) is 3.76. The summed E-state index contributed by atoms with van der Waals surface area (Å²) in [4.78, 5) is 24.8. The molecule has 1 atom stereocenters. The van der Waals surface area contributed by atoms with E-state index in [0.29, 0.717) is 38.6 Å². The molecule has 24 heavy (non-hydrogen) atoms. The topological polar surface area (TPSA) is 76.1 Å². The predicted molar refractivity (Wildman–Crippen MR) is 89.1 cm³/mol. The third kappa shape index (κ3) is 5.85. The first-order valence-corrected chi connectivity index (χ1v) is 8.27. The van der Waals surface area contributed by atoms with Crippen LogP contribution in [0, 0.1) is 5.92 Å². The second kappa shape index (κ2) is 8.68. The predicted octanol–water partition coefficient (Wildman–Crippen LogP) is 1.97. The highest BCUT2D eigenvalue weighted by Crippen LogP contribution is 2.15. The van der Waals surface area contributed by atoms with Gasteiger partial charge in [-0.25, -0.2) is 0 Å². The van der Waals surface area contributed by atoms with E-state index in [4.69, 9.17) is 14.6 Å². The summed E-state index contributed by atoms with van der Waals surface area (Å²) in [5, 5.41) is 8.83. The van der Waals surface area contributed by atoms with Crippen molar-refractivity contribution in [3.8, 4) is 5.75 Å². The van der Waals surface area contributed by atoms with Crippen LogP contribution in [-0.2, 0) is 20.7 Å². The lowest BCUT2D eigenvalue weighted by Gasteiger charge is -2.32. The summed E-state index contributed by atoms with van der Waals surface area (Å²) in [6.45, 7) is 6.06. The van der Waals surface area contributed by atoms with Gasteiger partial charge in [0.05, 0.1) is 32.2 Å². The van der Waals surface area contributed by atoms with Gasteiger partial charge >= 0.3 is 5.97 Å². The summed E-state index contributed by atoms with van der Waals surface area (Å²) >= 11 is 0. The maximum Gasteiger partial charge on any atom is 0.306 e. The van der Waals surface area contributed by atoms with Crippen LogP contribution >= 0.6 is 0 Å². The van der Waals surface area contributed by atoms with E-state index >= 15 is 0 Å². The number of hydrogen-bond acceptors (Lipinski definition) is 4. The molecule has 6 nitrogen and oxygen atoms in total. The van der Waals surface area contributed by atoms with Crippen molar-refractivity contribution in [3.05, 3.63) is 29.8 Å². The van der Waals surface area contributed by atoms with Gasteiger partial charge in [-0.1, -0.05) is 26.0 Å². The molecule has 0 aromatic heterocycles. The number of benzene rings is 1. The van der Waals surface area contributed by atoms with Gasteiger partial charge in [0.25, 0.3) is 0 Å². The molecule has 2 rings (SSSR count). The van der Waals surface area contributed by atoms with E-state index in [1.807, 2.05) is 24.3 Å². The van der Waals surface area contributed by atoms with Crippen LogP contribution < -0.4 is 4.74 Å². The quantitative estimate of drug-likeness (QED) is 0.824. The maximum atomic E-state index is 12.4. The molecule has 0 unspecified atom stereocenters. The van der Waals surface area contributed by atoms with Gasteiger partial charge in [0.2, 0.25) is 5.91 Å². The van der Waals surface area contributed by atoms with E-state index < -0.39 is 12.1 Å². The van der Waals surface area contributed by atoms with E-state index in [2.05, 4.69) is 13.8 Å². The van der Waals surface area contributed by atoms with E-state index in [0.717, 1.165) is 11.3 Å². The molecular formula is C18H25NO5. The Morgan fingerprint density at radius 3 is 2.67 bits per heavy atom. The van der Waals surface area contributed by atoms with Crippen molar-refractivity contribution in [1.82, 2.24) is 4.90 Å². The van der Waals surface area contributed by atoms with Gasteiger partial charge in [-0.3, -0.25) is 9.59 Å².